The van der Waals surface area contributed by atoms with Gasteiger partial charge >= 0.3 is 5.97 Å². The zero-order valence-corrected chi connectivity index (χ0v) is 13.7. The van der Waals surface area contributed by atoms with Crippen LogP contribution in [0.25, 0.3) is 0 Å². The fourth-order valence-corrected chi connectivity index (χ4v) is 2.11. The van der Waals surface area contributed by atoms with Gasteiger partial charge in [0.2, 0.25) is 0 Å². The lowest BCUT2D eigenvalue weighted by Gasteiger charge is -2.21. The molecule has 0 aliphatic heterocycles. The summed E-state index contributed by atoms with van der Waals surface area (Å²) in [7, 11) is 2.98. The molecule has 1 atom stereocenters. The maximum absolute atomic E-state index is 13.9. The Labute approximate surface area is 139 Å². The molecule has 0 aliphatic rings. The lowest BCUT2D eigenvalue weighted by atomic mass is 10.2. The zero-order valence-electron chi connectivity index (χ0n) is 13.7. The predicted octanol–water partition coefficient (Wildman–Crippen LogP) is 3.04. The standard InChI is InChI=1S/C18H18FNO4/c1-12(17(21)20(2)13-7-5-4-6-8-13)24-18(22)15-10-9-14(23-3)11-16(15)19/h4-12H,1-3H3/t12-/m0/s1. The lowest BCUT2D eigenvalue weighted by molar-refractivity contribution is -0.126. The Balaban J connectivity index is 2.07. The van der Waals surface area contributed by atoms with Crippen molar-refractivity contribution < 1.29 is 23.5 Å². The molecular formula is C18H18FNO4. The molecule has 24 heavy (non-hydrogen) atoms. The van der Waals surface area contributed by atoms with Gasteiger partial charge in [0.05, 0.1) is 12.7 Å². The summed E-state index contributed by atoms with van der Waals surface area (Å²) in [5.41, 5.74) is 0.416. The third-order valence-electron chi connectivity index (χ3n) is 3.50. The fraction of sp³-hybridized carbons (Fsp3) is 0.222. The number of rotatable bonds is 5. The van der Waals surface area contributed by atoms with Crippen molar-refractivity contribution >= 4 is 17.6 Å². The molecule has 0 radical (unpaired) electrons. The number of carbonyl (C=O) groups is 2. The van der Waals surface area contributed by atoms with Crippen LogP contribution in [-0.2, 0) is 9.53 Å². The second-order valence-corrected chi connectivity index (χ2v) is 5.13. The molecule has 126 valence electrons. The van der Waals surface area contributed by atoms with Gasteiger partial charge in [-0.3, -0.25) is 4.79 Å². The molecule has 2 aromatic carbocycles. The SMILES string of the molecule is COc1ccc(C(=O)O[C@@H](C)C(=O)N(C)c2ccccc2)c(F)c1. The highest BCUT2D eigenvalue weighted by Gasteiger charge is 2.24. The summed E-state index contributed by atoms with van der Waals surface area (Å²) in [6.07, 6.45) is -1.05. The number of para-hydroxylation sites is 1. The Kier molecular flexibility index (Phi) is 5.52. The Morgan fingerprint density at radius 2 is 1.79 bits per heavy atom. The Morgan fingerprint density at radius 1 is 1.12 bits per heavy atom. The average Bonchev–Trinajstić information content (AvgIpc) is 2.60. The fourth-order valence-electron chi connectivity index (χ4n) is 2.11. The number of hydrogen-bond donors (Lipinski definition) is 0. The van der Waals surface area contributed by atoms with Crippen molar-refractivity contribution in [1.82, 2.24) is 0 Å². The summed E-state index contributed by atoms with van der Waals surface area (Å²) in [5, 5.41) is 0. The van der Waals surface area contributed by atoms with E-state index in [1.165, 1.54) is 31.1 Å². The van der Waals surface area contributed by atoms with Gasteiger partial charge in [-0.15, -0.1) is 0 Å². The average molecular weight is 331 g/mol. The summed E-state index contributed by atoms with van der Waals surface area (Å²) in [6.45, 7) is 1.45. The van der Waals surface area contributed by atoms with Crippen LogP contribution in [0.15, 0.2) is 48.5 Å². The van der Waals surface area contributed by atoms with Crippen LogP contribution >= 0.6 is 0 Å². The second-order valence-electron chi connectivity index (χ2n) is 5.13. The highest BCUT2D eigenvalue weighted by Crippen LogP contribution is 2.18. The predicted molar refractivity (Wildman–Crippen MR) is 87.7 cm³/mol. The molecule has 0 unspecified atom stereocenters. The molecule has 1 amide bonds. The minimum absolute atomic E-state index is 0.252. The minimum Gasteiger partial charge on any atom is -0.497 e. The first kappa shape index (κ1) is 17.5. The normalized spacial score (nSPS) is 11.5. The van der Waals surface area contributed by atoms with Crippen molar-refractivity contribution in [3.63, 3.8) is 0 Å². The van der Waals surface area contributed by atoms with E-state index in [0.717, 1.165) is 6.07 Å². The summed E-state index contributed by atoms with van der Waals surface area (Å²) < 4.78 is 23.8. The molecule has 2 aromatic rings. The number of hydrogen-bond acceptors (Lipinski definition) is 4. The molecule has 5 nitrogen and oxygen atoms in total. The number of likely N-dealkylation sites (N-methyl/N-ethyl adjacent to an activating group) is 1. The molecule has 0 heterocycles. The van der Waals surface area contributed by atoms with E-state index in [1.54, 1.807) is 31.3 Å². The van der Waals surface area contributed by atoms with Crippen LogP contribution in [0, 0.1) is 5.82 Å². The molecule has 0 bridgehead atoms. The van der Waals surface area contributed by atoms with E-state index >= 15 is 0 Å². The minimum atomic E-state index is -1.05. The van der Waals surface area contributed by atoms with Gasteiger partial charge in [-0.05, 0) is 31.2 Å². The number of methoxy groups -OCH3 is 1. The summed E-state index contributed by atoms with van der Waals surface area (Å²) in [4.78, 5) is 25.8. The van der Waals surface area contributed by atoms with Crippen LogP contribution in [0.5, 0.6) is 5.75 Å². The van der Waals surface area contributed by atoms with Crippen molar-refractivity contribution in [2.75, 3.05) is 19.1 Å². The van der Waals surface area contributed by atoms with Gasteiger partial charge < -0.3 is 14.4 Å². The van der Waals surface area contributed by atoms with E-state index in [1.807, 2.05) is 6.07 Å². The molecule has 0 saturated carbocycles. The van der Waals surface area contributed by atoms with Gasteiger partial charge in [-0.2, -0.15) is 0 Å². The highest BCUT2D eigenvalue weighted by atomic mass is 19.1. The maximum atomic E-state index is 13.9. The first-order valence-electron chi connectivity index (χ1n) is 7.31. The molecule has 6 heteroatoms. The van der Waals surface area contributed by atoms with Gasteiger partial charge in [-0.1, -0.05) is 18.2 Å². The summed E-state index contributed by atoms with van der Waals surface area (Å²) in [5.74, 6) is -1.80. The molecule has 0 saturated heterocycles. The smallest absolute Gasteiger partial charge is 0.341 e. The molecule has 0 spiro atoms. The van der Waals surface area contributed by atoms with Gasteiger partial charge in [0.15, 0.2) is 6.10 Å². The van der Waals surface area contributed by atoms with Crippen LogP contribution in [0.3, 0.4) is 0 Å². The van der Waals surface area contributed by atoms with Crippen LogP contribution in [0.4, 0.5) is 10.1 Å². The second kappa shape index (κ2) is 7.59. The topological polar surface area (TPSA) is 55.8 Å². The van der Waals surface area contributed by atoms with Gasteiger partial charge in [-0.25, -0.2) is 9.18 Å². The van der Waals surface area contributed by atoms with E-state index in [4.69, 9.17) is 9.47 Å². The van der Waals surface area contributed by atoms with Crippen molar-refractivity contribution in [3.05, 3.63) is 59.9 Å². The van der Waals surface area contributed by atoms with E-state index in [9.17, 15) is 14.0 Å². The molecular weight excluding hydrogens is 313 g/mol. The monoisotopic (exact) mass is 331 g/mol. The maximum Gasteiger partial charge on any atom is 0.341 e. The number of carbonyl (C=O) groups excluding carboxylic acids is 2. The van der Waals surface area contributed by atoms with Gasteiger partial charge in [0.25, 0.3) is 5.91 Å². The Bertz CT molecular complexity index is 733. The number of benzene rings is 2. The Morgan fingerprint density at radius 3 is 2.38 bits per heavy atom. The third kappa shape index (κ3) is 3.90. The van der Waals surface area contributed by atoms with E-state index < -0.39 is 23.8 Å². The van der Waals surface area contributed by atoms with E-state index in [-0.39, 0.29) is 11.3 Å². The van der Waals surface area contributed by atoms with Crippen molar-refractivity contribution in [3.8, 4) is 5.75 Å². The lowest BCUT2D eigenvalue weighted by Crippen LogP contribution is -2.37. The highest BCUT2D eigenvalue weighted by molar-refractivity contribution is 5.98. The first-order chi connectivity index (χ1) is 11.4. The number of esters is 1. The van der Waals surface area contributed by atoms with Gasteiger partial charge in [0, 0.05) is 18.8 Å². The molecule has 0 aliphatic carbocycles. The van der Waals surface area contributed by atoms with Crippen LogP contribution in [-0.4, -0.2) is 32.1 Å². The molecule has 0 fully saturated rings. The van der Waals surface area contributed by atoms with Crippen LogP contribution in [0.2, 0.25) is 0 Å². The van der Waals surface area contributed by atoms with Crippen molar-refractivity contribution in [2.45, 2.75) is 13.0 Å². The zero-order chi connectivity index (χ0) is 17.7. The Hall–Kier alpha value is -2.89. The van der Waals surface area contributed by atoms with E-state index in [2.05, 4.69) is 0 Å². The number of halogens is 1. The number of amides is 1. The van der Waals surface area contributed by atoms with Crippen molar-refractivity contribution in [2.24, 2.45) is 0 Å². The quantitative estimate of drug-likeness (QED) is 0.790. The first-order valence-corrected chi connectivity index (χ1v) is 7.31. The van der Waals surface area contributed by atoms with Crippen LogP contribution < -0.4 is 9.64 Å². The van der Waals surface area contributed by atoms with E-state index in [0.29, 0.717) is 5.69 Å². The van der Waals surface area contributed by atoms with Gasteiger partial charge in [0.1, 0.15) is 11.6 Å². The molecule has 2 rings (SSSR count). The number of nitrogens with zero attached hydrogens (tertiary/aromatic N) is 1. The number of ether oxygens (including phenoxy) is 2. The summed E-state index contributed by atoms with van der Waals surface area (Å²) >= 11 is 0. The van der Waals surface area contributed by atoms with Crippen molar-refractivity contribution in [1.29, 1.82) is 0 Å². The molecule has 0 aromatic heterocycles. The third-order valence-corrected chi connectivity index (χ3v) is 3.50. The largest absolute Gasteiger partial charge is 0.497 e. The van der Waals surface area contributed by atoms with Crippen LogP contribution in [0.1, 0.15) is 17.3 Å². The molecule has 0 N–H and O–H groups in total. The number of anilines is 1. The summed E-state index contributed by atoms with van der Waals surface area (Å²) in [6, 6.07) is 12.7.